The van der Waals surface area contributed by atoms with E-state index in [1.54, 1.807) is 6.07 Å². The molecule has 1 fully saturated rings. The third-order valence-electron chi connectivity index (χ3n) is 6.57. The number of nitrogens with one attached hydrogen (secondary N) is 2. The molecule has 0 aromatic heterocycles. The number of nitrogens with zero attached hydrogens (tertiary/aromatic N) is 3. The molecule has 2 N–H and O–H groups in total. The third-order valence-corrected chi connectivity index (χ3v) is 6.57. The number of anilines is 2. The molecule has 5 rings (SSSR count). The van der Waals surface area contributed by atoms with E-state index in [0.29, 0.717) is 16.9 Å². The van der Waals surface area contributed by atoms with E-state index in [4.69, 9.17) is 4.74 Å². The topological polar surface area (TPSA) is 60.1 Å². The van der Waals surface area contributed by atoms with Gasteiger partial charge in [0, 0.05) is 56.1 Å². The van der Waals surface area contributed by atoms with E-state index >= 15 is 0 Å². The van der Waals surface area contributed by atoms with Crippen LogP contribution in [-0.2, 0) is 6.61 Å². The Hall–Kier alpha value is -3.69. The van der Waals surface area contributed by atoms with Gasteiger partial charge in [-0.25, -0.2) is 8.78 Å². The first-order chi connectivity index (χ1) is 17.4. The molecule has 7 nitrogen and oxygen atoms in total. The third kappa shape index (κ3) is 5.27. The SMILES string of the molecule is CN1CCN(c2cccc(C(=O)NC3c4cc(OCc5cc(F)cc(F)c5)ccc4NN3C)c2)CC1. The maximum absolute atomic E-state index is 13.5. The minimum absolute atomic E-state index is 0.0207. The van der Waals surface area contributed by atoms with E-state index in [1.807, 2.05) is 48.5 Å². The Balaban J connectivity index is 1.29. The number of rotatable bonds is 6. The summed E-state index contributed by atoms with van der Waals surface area (Å²) in [5.41, 5.74) is 6.95. The fraction of sp³-hybridized carbons (Fsp3) is 0.296. The molecule has 36 heavy (non-hydrogen) atoms. The van der Waals surface area contributed by atoms with Crippen LogP contribution in [0, 0.1) is 11.6 Å². The minimum atomic E-state index is -0.646. The largest absolute Gasteiger partial charge is 0.489 e. The Bertz CT molecular complexity index is 1240. The summed E-state index contributed by atoms with van der Waals surface area (Å²) < 4.78 is 32.8. The summed E-state index contributed by atoms with van der Waals surface area (Å²) in [7, 11) is 3.96. The number of fused-ring (bicyclic) bond motifs is 1. The summed E-state index contributed by atoms with van der Waals surface area (Å²) in [6.07, 6.45) is -0.421. The Kier molecular flexibility index (Phi) is 6.75. The Morgan fingerprint density at radius 2 is 1.75 bits per heavy atom. The number of hydrazine groups is 1. The van der Waals surface area contributed by atoms with Gasteiger partial charge in [-0.2, -0.15) is 5.01 Å². The van der Waals surface area contributed by atoms with Crippen LogP contribution in [0.25, 0.3) is 0 Å². The molecule has 1 atom stereocenters. The van der Waals surface area contributed by atoms with E-state index in [9.17, 15) is 13.6 Å². The number of amides is 1. The van der Waals surface area contributed by atoms with Gasteiger partial charge in [0.2, 0.25) is 0 Å². The first-order valence-electron chi connectivity index (χ1n) is 11.9. The molecule has 0 aliphatic carbocycles. The lowest BCUT2D eigenvalue weighted by molar-refractivity contribution is 0.0897. The van der Waals surface area contributed by atoms with Crippen LogP contribution in [0.4, 0.5) is 20.2 Å². The fourth-order valence-electron chi connectivity index (χ4n) is 4.57. The van der Waals surface area contributed by atoms with Gasteiger partial charge < -0.3 is 25.3 Å². The molecule has 2 aliphatic heterocycles. The number of carbonyl (C=O) groups is 1. The highest BCUT2D eigenvalue weighted by atomic mass is 19.1. The monoisotopic (exact) mass is 493 g/mol. The van der Waals surface area contributed by atoms with E-state index in [-0.39, 0.29) is 12.5 Å². The molecular formula is C27H29F2N5O2. The quantitative estimate of drug-likeness (QED) is 0.542. The highest BCUT2D eigenvalue weighted by molar-refractivity contribution is 5.95. The van der Waals surface area contributed by atoms with Crippen molar-refractivity contribution in [1.82, 2.24) is 15.2 Å². The van der Waals surface area contributed by atoms with E-state index in [2.05, 4.69) is 27.6 Å². The van der Waals surface area contributed by atoms with Crippen LogP contribution < -0.4 is 20.4 Å². The van der Waals surface area contributed by atoms with Gasteiger partial charge >= 0.3 is 0 Å². The number of benzene rings is 3. The van der Waals surface area contributed by atoms with Gasteiger partial charge in [0.1, 0.15) is 30.2 Å². The summed E-state index contributed by atoms with van der Waals surface area (Å²) in [6, 6.07) is 16.5. The van der Waals surface area contributed by atoms with Crippen LogP contribution in [0.1, 0.15) is 27.7 Å². The van der Waals surface area contributed by atoms with Gasteiger partial charge in [0.05, 0.1) is 5.69 Å². The van der Waals surface area contributed by atoms with Gasteiger partial charge in [0.15, 0.2) is 0 Å². The zero-order valence-corrected chi connectivity index (χ0v) is 20.3. The molecule has 0 radical (unpaired) electrons. The lowest BCUT2D eigenvalue weighted by Crippen LogP contribution is -2.44. The minimum Gasteiger partial charge on any atom is -0.489 e. The molecule has 3 aromatic carbocycles. The molecule has 1 amide bonds. The molecule has 2 aliphatic rings. The standard InChI is InChI=1S/C27H29F2N5O2/c1-32-8-10-34(11-9-32)22-5-3-4-19(14-22)27(35)30-26-24-16-23(6-7-25(24)31-33(26)2)36-17-18-12-20(28)15-21(29)13-18/h3-7,12-16,26,31H,8-11,17H2,1-2H3,(H,30,35). The number of likely N-dealkylation sites (N-methyl/N-ethyl adjacent to an activating group) is 1. The molecule has 1 unspecified atom stereocenters. The summed E-state index contributed by atoms with van der Waals surface area (Å²) in [5.74, 6) is -0.938. The molecule has 188 valence electrons. The number of piperazine rings is 1. The van der Waals surface area contributed by atoms with Crippen molar-refractivity contribution in [3.8, 4) is 5.75 Å². The summed E-state index contributed by atoms with van der Waals surface area (Å²) in [6.45, 7) is 3.85. The summed E-state index contributed by atoms with van der Waals surface area (Å²) >= 11 is 0. The van der Waals surface area contributed by atoms with Crippen molar-refractivity contribution in [2.24, 2.45) is 0 Å². The van der Waals surface area contributed by atoms with Gasteiger partial charge in [-0.1, -0.05) is 6.07 Å². The molecule has 3 aromatic rings. The predicted octanol–water partition coefficient (Wildman–Crippen LogP) is 4.00. The first kappa shape index (κ1) is 24.0. The number of hydrogen-bond donors (Lipinski definition) is 2. The van der Waals surface area contributed by atoms with Crippen LogP contribution >= 0.6 is 0 Å². The van der Waals surface area contributed by atoms with Gasteiger partial charge in [0.25, 0.3) is 5.91 Å². The van der Waals surface area contributed by atoms with Crippen molar-refractivity contribution in [2.75, 3.05) is 50.6 Å². The van der Waals surface area contributed by atoms with Crippen LogP contribution in [0.3, 0.4) is 0 Å². The lowest BCUT2D eigenvalue weighted by atomic mass is 10.1. The maximum atomic E-state index is 13.5. The van der Waals surface area contributed by atoms with Gasteiger partial charge in [-0.05, 0) is 61.1 Å². The molecule has 2 heterocycles. The van der Waals surface area contributed by atoms with Crippen LogP contribution in [-0.4, -0.2) is 56.1 Å². The number of hydrogen-bond acceptors (Lipinski definition) is 6. The average molecular weight is 494 g/mol. The number of ether oxygens (including phenoxy) is 1. The summed E-state index contributed by atoms with van der Waals surface area (Å²) in [5, 5.41) is 4.92. The Labute approximate surface area is 209 Å². The van der Waals surface area contributed by atoms with Crippen LogP contribution in [0.5, 0.6) is 5.75 Å². The van der Waals surface area contributed by atoms with E-state index in [1.165, 1.54) is 12.1 Å². The Morgan fingerprint density at radius 3 is 2.50 bits per heavy atom. The zero-order valence-electron chi connectivity index (χ0n) is 20.3. The smallest absolute Gasteiger partial charge is 0.252 e. The molecule has 0 saturated carbocycles. The highest BCUT2D eigenvalue weighted by Crippen LogP contribution is 2.35. The Morgan fingerprint density at radius 1 is 1.00 bits per heavy atom. The van der Waals surface area contributed by atoms with Crippen LogP contribution in [0.15, 0.2) is 60.7 Å². The second kappa shape index (κ2) is 10.1. The zero-order chi connectivity index (χ0) is 25.2. The maximum Gasteiger partial charge on any atom is 0.252 e. The second-order valence-corrected chi connectivity index (χ2v) is 9.25. The van der Waals surface area contributed by atoms with Crippen molar-refractivity contribution in [3.05, 3.63) is 89.0 Å². The van der Waals surface area contributed by atoms with Gasteiger partial charge in [-0.15, -0.1) is 0 Å². The fourth-order valence-corrected chi connectivity index (χ4v) is 4.57. The van der Waals surface area contributed by atoms with E-state index in [0.717, 1.165) is 49.2 Å². The summed E-state index contributed by atoms with van der Waals surface area (Å²) in [4.78, 5) is 17.8. The first-order valence-corrected chi connectivity index (χ1v) is 11.9. The molecular weight excluding hydrogens is 464 g/mol. The van der Waals surface area contributed by atoms with Crippen molar-refractivity contribution in [1.29, 1.82) is 0 Å². The highest BCUT2D eigenvalue weighted by Gasteiger charge is 2.30. The molecule has 0 spiro atoms. The number of carbonyl (C=O) groups excluding carboxylic acids is 1. The number of halogens is 2. The van der Waals surface area contributed by atoms with Crippen molar-refractivity contribution >= 4 is 17.3 Å². The lowest BCUT2D eigenvalue weighted by Gasteiger charge is -2.34. The predicted molar refractivity (Wildman–Crippen MR) is 135 cm³/mol. The average Bonchev–Trinajstić information content (AvgIpc) is 3.17. The van der Waals surface area contributed by atoms with Crippen molar-refractivity contribution in [2.45, 2.75) is 12.8 Å². The second-order valence-electron chi connectivity index (χ2n) is 9.25. The molecule has 9 heteroatoms. The van der Waals surface area contributed by atoms with Crippen LogP contribution in [0.2, 0.25) is 0 Å². The van der Waals surface area contributed by atoms with Crippen molar-refractivity contribution in [3.63, 3.8) is 0 Å². The van der Waals surface area contributed by atoms with E-state index < -0.39 is 17.8 Å². The molecule has 1 saturated heterocycles. The van der Waals surface area contributed by atoms with Crippen molar-refractivity contribution < 1.29 is 18.3 Å². The molecule has 0 bridgehead atoms. The normalized spacial score (nSPS) is 18.0. The van der Waals surface area contributed by atoms with Gasteiger partial charge in [-0.3, -0.25) is 4.79 Å².